The van der Waals surface area contributed by atoms with Crippen molar-refractivity contribution in [2.24, 2.45) is 7.05 Å². The summed E-state index contributed by atoms with van der Waals surface area (Å²) in [6.45, 7) is 6.65. The van der Waals surface area contributed by atoms with Crippen molar-refractivity contribution < 1.29 is 0 Å². The number of hydrogen-bond donors (Lipinski definition) is 1. The van der Waals surface area contributed by atoms with Crippen molar-refractivity contribution in [2.45, 2.75) is 31.3 Å². The lowest BCUT2D eigenvalue weighted by molar-refractivity contribution is 0.517. The molecule has 0 amide bonds. The minimum absolute atomic E-state index is 0.773. The van der Waals surface area contributed by atoms with Crippen LogP contribution in [0, 0.1) is 6.92 Å². The highest BCUT2D eigenvalue weighted by atomic mass is 79.9. The maximum absolute atomic E-state index is 4.38. The van der Waals surface area contributed by atoms with E-state index in [0.29, 0.717) is 0 Å². The predicted molar refractivity (Wildman–Crippen MR) is 81.6 cm³/mol. The van der Waals surface area contributed by atoms with Crippen molar-refractivity contribution in [1.82, 2.24) is 35.3 Å². The number of aryl methyl sites for hydroxylation is 2. The smallest absolute Gasteiger partial charge is 0.209 e. The van der Waals surface area contributed by atoms with Gasteiger partial charge in [0.15, 0.2) is 0 Å². The Kier molecular flexibility index (Phi) is 5.55. The molecule has 9 heteroatoms. The Hall–Kier alpha value is -0.930. The maximum atomic E-state index is 4.38. The Morgan fingerprint density at radius 2 is 2.20 bits per heavy atom. The molecule has 0 atom stereocenters. The summed E-state index contributed by atoms with van der Waals surface area (Å²) in [6, 6.07) is 0. The van der Waals surface area contributed by atoms with Crippen LogP contribution in [0.4, 0.5) is 0 Å². The van der Waals surface area contributed by atoms with Crippen LogP contribution in [0.5, 0.6) is 0 Å². The van der Waals surface area contributed by atoms with E-state index in [2.05, 4.69) is 48.8 Å². The molecule has 0 spiro atoms. The van der Waals surface area contributed by atoms with Crippen LogP contribution in [-0.2, 0) is 19.3 Å². The van der Waals surface area contributed by atoms with Gasteiger partial charge in [-0.25, -0.2) is 4.68 Å². The van der Waals surface area contributed by atoms with Gasteiger partial charge in [-0.15, -0.1) is 5.10 Å². The fraction of sp³-hybridized carbons (Fsp3) is 0.636. The van der Waals surface area contributed by atoms with Crippen LogP contribution in [0.1, 0.15) is 18.3 Å². The van der Waals surface area contributed by atoms with E-state index in [4.69, 9.17) is 0 Å². The van der Waals surface area contributed by atoms with Gasteiger partial charge in [0, 0.05) is 19.3 Å². The van der Waals surface area contributed by atoms with E-state index < -0.39 is 0 Å². The summed E-state index contributed by atoms with van der Waals surface area (Å²) in [5, 5.41) is 20.3. The third kappa shape index (κ3) is 3.58. The number of hydrogen-bond acceptors (Lipinski definition) is 6. The highest BCUT2D eigenvalue weighted by Crippen LogP contribution is 2.27. The second-order valence-electron chi connectivity index (χ2n) is 4.30. The first-order valence-corrected chi connectivity index (χ1v) is 8.19. The molecule has 0 aliphatic carbocycles. The second kappa shape index (κ2) is 7.19. The zero-order valence-corrected chi connectivity index (χ0v) is 14.2. The zero-order valence-electron chi connectivity index (χ0n) is 11.8. The lowest BCUT2D eigenvalue weighted by Gasteiger charge is -2.05. The van der Waals surface area contributed by atoms with Gasteiger partial charge in [-0.05, 0) is 39.8 Å². The number of likely N-dealkylation sites (N-methyl/N-ethyl adjacent to an activating group) is 1. The summed E-state index contributed by atoms with van der Waals surface area (Å²) in [7, 11) is 1.95. The van der Waals surface area contributed by atoms with Crippen LogP contribution in [0.25, 0.3) is 0 Å². The van der Waals surface area contributed by atoms with Crippen molar-refractivity contribution in [2.75, 3.05) is 13.1 Å². The quantitative estimate of drug-likeness (QED) is 0.594. The summed E-state index contributed by atoms with van der Waals surface area (Å²) in [5.41, 5.74) is 2.13. The predicted octanol–water partition coefficient (Wildman–Crippen LogP) is 1.38. The molecule has 0 fully saturated rings. The second-order valence-corrected chi connectivity index (χ2v) is 6.03. The molecule has 2 rings (SSSR count). The number of rotatable bonds is 7. The standard InChI is InChI=1S/C11H18BrN7S/c1-4-13-5-6-19-11(14-16-17-19)20-7-9-10(12)8(2)15-18(9)3/h13H,4-7H2,1-3H3. The molecule has 0 unspecified atom stereocenters. The molecule has 7 nitrogen and oxygen atoms in total. The van der Waals surface area contributed by atoms with Gasteiger partial charge >= 0.3 is 0 Å². The van der Waals surface area contributed by atoms with Crippen LogP contribution in [0.2, 0.25) is 0 Å². The number of nitrogens with zero attached hydrogens (tertiary/aromatic N) is 6. The van der Waals surface area contributed by atoms with Gasteiger partial charge < -0.3 is 5.32 Å². The van der Waals surface area contributed by atoms with Crippen LogP contribution in [0.15, 0.2) is 9.63 Å². The number of nitrogens with one attached hydrogen (secondary N) is 1. The SMILES string of the molecule is CCNCCn1nnnc1SCc1c(Br)c(C)nn1C. The highest BCUT2D eigenvalue weighted by Gasteiger charge is 2.13. The van der Waals surface area contributed by atoms with Crippen molar-refractivity contribution in [3.63, 3.8) is 0 Å². The Balaban J connectivity index is 1.99. The van der Waals surface area contributed by atoms with Crippen molar-refractivity contribution in [3.05, 3.63) is 15.9 Å². The Labute approximate surface area is 130 Å². The third-order valence-corrected chi connectivity index (χ3v) is 4.85. The van der Waals surface area contributed by atoms with E-state index >= 15 is 0 Å². The van der Waals surface area contributed by atoms with Gasteiger partial charge in [-0.2, -0.15) is 5.10 Å². The molecule has 0 aromatic carbocycles. The molecule has 0 bridgehead atoms. The van der Waals surface area contributed by atoms with Crippen LogP contribution in [-0.4, -0.2) is 43.1 Å². The minimum Gasteiger partial charge on any atom is -0.315 e. The van der Waals surface area contributed by atoms with Crippen molar-refractivity contribution >= 4 is 27.7 Å². The largest absolute Gasteiger partial charge is 0.315 e. The van der Waals surface area contributed by atoms with Crippen LogP contribution < -0.4 is 5.32 Å². The van der Waals surface area contributed by atoms with E-state index in [1.807, 2.05) is 23.3 Å². The fourth-order valence-electron chi connectivity index (χ4n) is 1.77. The van der Waals surface area contributed by atoms with E-state index in [1.165, 1.54) is 0 Å². The molecule has 2 aromatic rings. The molecule has 0 aliphatic rings. The number of tetrazole rings is 1. The summed E-state index contributed by atoms with van der Waals surface area (Å²) in [6.07, 6.45) is 0. The lowest BCUT2D eigenvalue weighted by Crippen LogP contribution is -2.20. The molecule has 0 saturated carbocycles. The zero-order chi connectivity index (χ0) is 14.5. The highest BCUT2D eigenvalue weighted by molar-refractivity contribution is 9.10. The number of aromatic nitrogens is 6. The Morgan fingerprint density at radius 1 is 1.40 bits per heavy atom. The summed E-state index contributed by atoms with van der Waals surface area (Å²) >= 11 is 5.18. The number of halogens is 1. The Bertz CT molecular complexity index is 565. The van der Waals surface area contributed by atoms with Crippen LogP contribution in [0.3, 0.4) is 0 Å². The van der Waals surface area contributed by atoms with Crippen molar-refractivity contribution in [1.29, 1.82) is 0 Å². The summed E-state index contributed by atoms with van der Waals surface area (Å²) in [4.78, 5) is 0. The van der Waals surface area contributed by atoms with E-state index in [0.717, 1.165) is 46.4 Å². The molecular weight excluding hydrogens is 342 g/mol. The van der Waals surface area contributed by atoms with E-state index in [1.54, 1.807) is 11.8 Å². The molecule has 0 radical (unpaired) electrons. The molecule has 2 heterocycles. The van der Waals surface area contributed by atoms with E-state index in [-0.39, 0.29) is 0 Å². The normalized spacial score (nSPS) is 11.2. The van der Waals surface area contributed by atoms with Gasteiger partial charge in [-0.3, -0.25) is 4.68 Å². The topological polar surface area (TPSA) is 73.5 Å². The maximum Gasteiger partial charge on any atom is 0.209 e. The molecule has 1 N–H and O–H groups in total. The summed E-state index contributed by atoms with van der Waals surface area (Å²) in [5.74, 6) is 0.777. The van der Waals surface area contributed by atoms with Gasteiger partial charge in [-0.1, -0.05) is 18.7 Å². The molecule has 2 aromatic heterocycles. The first-order chi connectivity index (χ1) is 9.63. The number of thioether (sulfide) groups is 1. The van der Waals surface area contributed by atoms with Gasteiger partial charge in [0.2, 0.25) is 5.16 Å². The molecule has 20 heavy (non-hydrogen) atoms. The first-order valence-electron chi connectivity index (χ1n) is 6.41. The molecule has 0 aliphatic heterocycles. The molecule has 110 valence electrons. The minimum atomic E-state index is 0.773. The fourth-order valence-corrected chi connectivity index (χ4v) is 3.40. The molecule has 0 saturated heterocycles. The monoisotopic (exact) mass is 359 g/mol. The van der Waals surface area contributed by atoms with Crippen molar-refractivity contribution in [3.8, 4) is 0 Å². The first kappa shape index (κ1) is 15.5. The lowest BCUT2D eigenvalue weighted by atomic mass is 10.4. The van der Waals surface area contributed by atoms with Gasteiger partial charge in [0.1, 0.15) is 0 Å². The average Bonchev–Trinajstić information content (AvgIpc) is 2.95. The van der Waals surface area contributed by atoms with Gasteiger partial charge in [0.05, 0.1) is 22.4 Å². The Morgan fingerprint density at radius 3 is 2.85 bits per heavy atom. The van der Waals surface area contributed by atoms with Crippen LogP contribution >= 0.6 is 27.7 Å². The molecular formula is C11H18BrN7S. The average molecular weight is 360 g/mol. The van der Waals surface area contributed by atoms with E-state index in [9.17, 15) is 0 Å². The summed E-state index contributed by atoms with van der Waals surface area (Å²) < 4.78 is 4.77. The van der Waals surface area contributed by atoms with Gasteiger partial charge in [0.25, 0.3) is 0 Å². The third-order valence-electron chi connectivity index (χ3n) is 2.85.